The first-order valence-corrected chi connectivity index (χ1v) is 12.0. The molecule has 1 amide bonds. The number of rotatable bonds is 10. The van der Waals surface area contributed by atoms with Gasteiger partial charge in [-0.25, -0.2) is 0 Å². The van der Waals surface area contributed by atoms with E-state index in [1.165, 1.54) is 11.1 Å². The van der Waals surface area contributed by atoms with E-state index in [2.05, 4.69) is 9.88 Å². The van der Waals surface area contributed by atoms with Gasteiger partial charge in [-0.3, -0.25) is 14.5 Å². The number of nitrogens with zero attached hydrogens (tertiary/aromatic N) is 2. The molecule has 2 heterocycles. The van der Waals surface area contributed by atoms with E-state index in [0.29, 0.717) is 42.4 Å². The molecular weight excluding hydrogens is 470 g/mol. The van der Waals surface area contributed by atoms with E-state index in [1.807, 2.05) is 30.3 Å². The number of aromatic nitrogens is 1. The number of pyridine rings is 1. The normalized spacial score (nSPS) is 14.3. The molecule has 3 aromatic rings. The highest BCUT2D eigenvalue weighted by molar-refractivity contribution is 6.30. The Morgan fingerprint density at radius 2 is 1.86 bits per heavy atom. The van der Waals surface area contributed by atoms with E-state index in [1.54, 1.807) is 19.2 Å². The van der Waals surface area contributed by atoms with E-state index in [4.69, 9.17) is 25.8 Å². The Morgan fingerprint density at radius 3 is 2.60 bits per heavy atom. The molecule has 0 bridgehead atoms. The van der Waals surface area contributed by atoms with Crippen LogP contribution < -0.4 is 5.43 Å². The van der Waals surface area contributed by atoms with Gasteiger partial charge in [0, 0.05) is 55.4 Å². The van der Waals surface area contributed by atoms with Gasteiger partial charge in [-0.15, -0.1) is 0 Å². The summed E-state index contributed by atoms with van der Waals surface area (Å²) in [6.07, 6.45) is 1.48. The third kappa shape index (κ3) is 6.68. The van der Waals surface area contributed by atoms with Crippen molar-refractivity contribution >= 4 is 28.4 Å². The van der Waals surface area contributed by atoms with Crippen LogP contribution in [0.25, 0.3) is 10.9 Å². The van der Waals surface area contributed by atoms with Crippen LogP contribution in [0.2, 0.25) is 5.02 Å². The molecule has 0 unspecified atom stereocenters. The minimum absolute atomic E-state index is 0.0272. The van der Waals surface area contributed by atoms with Gasteiger partial charge >= 0.3 is 0 Å². The summed E-state index contributed by atoms with van der Waals surface area (Å²) in [6, 6.07) is 13.0. The molecule has 0 saturated carbocycles. The number of aromatic amines is 1. The molecule has 1 N–H and O–H groups in total. The summed E-state index contributed by atoms with van der Waals surface area (Å²) in [5.41, 5.74) is 2.37. The van der Waals surface area contributed by atoms with Gasteiger partial charge in [0.1, 0.15) is 12.3 Å². The van der Waals surface area contributed by atoms with E-state index >= 15 is 0 Å². The third-order valence-electron chi connectivity index (χ3n) is 5.94. The van der Waals surface area contributed by atoms with Gasteiger partial charge in [0.05, 0.1) is 26.4 Å². The van der Waals surface area contributed by atoms with Crippen molar-refractivity contribution < 1.29 is 19.0 Å². The van der Waals surface area contributed by atoms with Crippen molar-refractivity contribution in [2.24, 2.45) is 0 Å². The fourth-order valence-electron chi connectivity index (χ4n) is 4.01. The Hall–Kier alpha value is -2.75. The molecule has 4 rings (SSSR count). The predicted molar refractivity (Wildman–Crippen MR) is 135 cm³/mol. The molecule has 1 fully saturated rings. The molecule has 8 nitrogen and oxygen atoms in total. The van der Waals surface area contributed by atoms with Crippen LogP contribution in [0, 0.1) is 0 Å². The average Bonchev–Trinajstić information content (AvgIpc) is 2.88. The van der Waals surface area contributed by atoms with Crippen molar-refractivity contribution in [3.63, 3.8) is 0 Å². The summed E-state index contributed by atoms with van der Waals surface area (Å²) in [5.74, 6) is -0.404. The van der Waals surface area contributed by atoms with E-state index in [0.717, 1.165) is 30.8 Å². The predicted octanol–water partition coefficient (Wildman–Crippen LogP) is 3.28. The molecule has 35 heavy (non-hydrogen) atoms. The second-order valence-electron chi connectivity index (χ2n) is 8.46. The standard InChI is InChI=1S/C26H30ClN3O5/c1-33-12-13-35-18-30(17-19-2-5-21(27)6-3-19)26(32)23-15-28-24-7-4-20(14-22(24)25(23)31)16-29-8-10-34-11-9-29/h2-7,14-15H,8-13,16-18H2,1H3,(H,28,31). The number of morpholine rings is 1. The largest absolute Gasteiger partial charge is 0.382 e. The first-order valence-electron chi connectivity index (χ1n) is 11.6. The van der Waals surface area contributed by atoms with Gasteiger partial charge in [0.2, 0.25) is 5.43 Å². The second kappa shape index (κ2) is 12.3. The van der Waals surface area contributed by atoms with Gasteiger partial charge in [-0.2, -0.15) is 0 Å². The molecule has 1 saturated heterocycles. The number of amides is 1. The first kappa shape index (κ1) is 25.3. The molecule has 1 aromatic heterocycles. The quantitative estimate of drug-likeness (QED) is 0.340. The van der Waals surface area contributed by atoms with Crippen LogP contribution in [0.15, 0.2) is 53.5 Å². The van der Waals surface area contributed by atoms with Crippen molar-refractivity contribution in [2.75, 3.05) is 53.4 Å². The van der Waals surface area contributed by atoms with E-state index in [-0.39, 0.29) is 24.3 Å². The highest BCUT2D eigenvalue weighted by atomic mass is 35.5. The molecule has 0 aliphatic carbocycles. The summed E-state index contributed by atoms with van der Waals surface area (Å²) < 4.78 is 16.1. The molecule has 1 aliphatic rings. The number of ether oxygens (including phenoxy) is 3. The highest BCUT2D eigenvalue weighted by Gasteiger charge is 2.21. The lowest BCUT2D eigenvalue weighted by atomic mass is 10.1. The first-order chi connectivity index (χ1) is 17.0. The molecule has 186 valence electrons. The molecular formula is C26H30ClN3O5. The van der Waals surface area contributed by atoms with Crippen LogP contribution in [-0.2, 0) is 27.3 Å². The number of halogens is 1. The zero-order chi connectivity index (χ0) is 24.6. The van der Waals surface area contributed by atoms with E-state index in [9.17, 15) is 9.59 Å². The Morgan fingerprint density at radius 1 is 1.11 bits per heavy atom. The van der Waals surface area contributed by atoms with Crippen molar-refractivity contribution in [1.29, 1.82) is 0 Å². The van der Waals surface area contributed by atoms with Crippen molar-refractivity contribution in [1.82, 2.24) is 14.8 Å². The van der Waals surface area contributed by atoms with Gasteiger partial charge in [0.25, 0.3) is 5.91 Å². The number of carbonyl (C=O) groups is 1. The number of hydrogen-bond acceptors (Lipinski definition) is 6. The fraction of sp³-hybridized carbons (Fsp3) is 0.385. The van der Waals surface area contributed by atoms with Crippen LogP contribution in [0.4, 0.5) is 0 Å². The smallest absolute Gasteiger partial charge is 0.261 e. The zero-order valence-corrected chi connectivity index (χ0v) is 20.6. The number of methoxy groups -OCH3 is 1. The number of benzene rings is 2. The maximum Gasteiger partial charge on any atom is 0.261 e. The Labute approximate surface area is 209 Å². The maximum atomic E-state index is 13.5. The fourth-order valence-corrected chi connectivity index (χ4v) is 4.14. The summed E-state index contributed by atoms with van der Waals surface area (Å²) in [5, 5.41) is 1.11. The number of H-pyrrole nitrogens is 1. The van der Waals surface area contributed by atoms with Crippen LogP contribution >= 0.6 is 11.6 Å². The number of fused-ring (bicyclic) bond motifs is 1. The SMILES string of the molecule is COCCOCN(Cc1ccc(Cl)cc1)C(=O)c1c[nH]c2ccc(CN3CCOCC3)cc2c1=O. The Kier molecular flexibility index (Phi) is 8.90. The average molecular weight is 500 g/mol. The zero-order valence-electron chi connectivity index (χ0n) is 19.8. The summed E-state index contributed by atoms with van der Waals surface area (Å²) in [6.45, 7) is 4.91. The summed E-state index contributed by atoms with van der Waals surface area (Å²) in [7, 11) is 1.59. The van der Waals surface area contributed by atoms with Gasteiger partial charge in [-0.05, 0) is 35.4 Å². The van der Waals surface area contributed by atoms with Crippen LogP contribution in [0.5, 0.6) is 0 Å². The third-order valence-corrected chi connectivity index (χ3v) is 6.19. The minimum atomic E-state index is -0.404. The van der Waals surface area contributed by atoms with Crippen LogP contribution in [0.3, 0.4) is 0 Å². The molecule has 2 aromatic carbocycles. The van der Waals surface area contributed by atoms with Crippen molar-refractivity contribution in [2.45, 2.75) is 13.1 Å². The van der Waals surface area contributed by atoms with Crippen molar-refractivity contribution in [3.8, 4) is 0 Å². The number of nitrogens with one attached hydrogen (secondary N) is 1. The lowest BCUT2D eigenvalue weighted by Crippen LogP contribution is -2.36. The maximum absolute atomic E-state index is 13.5. The van der Waals surface area contributed by atoms with Gasteiger partial charge in [-0.1, -0.05) is 29.8 Å². The van der Waals surface area contributed by atoms with Gasteiger partial charge in [0.15, 0.2) is 0 Å². The lowest BCUT2D eigenvalue weighted by molar-refractivity contribution is 0.00316. The highest BCUT2D eigenvalue weighted by Crippen LogP contribution is 2.16. The molecule has 1 aliphatic heterocycles. The molecule has 0 radical (unpaired) electrons. The topological polar surface area (TPSA) is 84.1 Å². The number of carbonyl (C=O) groups excluding carboxylic acids is 1. The molecule has 0 spiro atoms. The monoisotopic (exact) mass is 499 g/mol. The summed E-state index contributed by atoms with van der Waals surface area (Å²) in [4.78, 5) is 33.8. The van der Waals surface area contributed by atoms with Gasteiger partial charge < -0.3 is 24.1 Å². The molecule has 9 heteroatoms. The summed E-state index contributed by atoms with van der Waals surface area (Å²) >= 11 is 6.00. The number of hydrogen-bond donors (Lipinski definition) is 1. The second-order valence-corrected chi connectivity index (χ2v) is 8.90. The van der Waals surface area contributed by atoms with Crippen molar-refractivity contribution in [3.05, 3.63) is 80.6 Å². The lowest BCUT2D eigenvalue weighted by Gasteiger charge is -2.26. The van der Waals surface area contributed by atoms with Crippen LogP contribution in [-0.4, -0.2) is 74.0 Å². The minimum Gasteiger partial charge on any atom is -0.382 e. The molecule has 0 atom stereocenters. The van der Waals surface area contributed by atoms with E-state index < -0.39 is 5.91 Å². The van der Waals surface area contributed by atoms with Crippen LogP contribution in [0.1, 0.15) is 21.5 Å². The Balaban J connectivity index is 1.58. The Bertz CT molecular complexity index is 1190.